The Labute approximate surface area is 99.0 Å². The van der Waals surface area contributed by atoms with E-state index in [0.717, 1.165) is 0 Å². The molecule has 0 aliphatic rings. The molecule has 0 aliphatic heterocycles. The van der Waals surface area contributed by atoms with Crippen LogP contribution in [0.2, 0.25) is 5.02 Å². The monoisotopic (exact) mass is 240 g/mol. The number of aliphatic carboxylic acids is 1. The van der Waals surface area contributed by atoms with E-state index in [9.17, 15) is 9.59 Å². The van der Waals surface area contributed by atoms with E-state index in [4.69, 9.17) is 16.7 Å². The first-order chi connectivity index (χ1) is 7.56. The molecule has 3 nitrogen and oxygen atoms in total. The number of hydrogen-bond acceptors (Lipinski definition) is 2. The van der Waals surface area contributed by atoms with Gasteiger partial charge >= 0.3 is 5.97 Å². The van der Waals surface area contributed by atoms with Gasteiger partial charge in [0.1, 0.15) is 5.92 Å². The molecule has 0 aromatic heterocycles. The zero-order valence-corrected chi connectivity index (χ0v) is 9.70. The maximum Gasteiger partial charge on any atom is 0.314 e. The lowest BCUT2D eigenvalue weighted by Gasteiger charge is -2.09. The average molecular weight is 241 g/mol. The quantitative estimate of drug-likeness (QED) is 0.636. The second-order valence-corrected chi connectivity index (χ2v) is 3.99. The number of benzene rings is 1. The standard InChI is InChI=1S/C12H13ClO3/c1-2-3-10(12(15)16)11(14)8-4-6-9(13)7-5-8/h4-7,10H,2-3H2,1H3,(H,15,16). The summed E-state index contributed by atoms with van der Waals surface area (Å²) < 4.78 is 0. The van der Waals surface area contributed by atoms with Gasteiger partial charge in [0.05, 0.1) is 0 Å². The van der Waals surface area contributed by atoms with Crippen LogP contribution in [0.1, 0.15) is 30.1 Å². The summed E-state index contributed by atoms with van der Waals surface area (Å²) in [6.07, 6.45) is 1.02. The van der Waals surface area contributed by atoms with Gasteiger partial charge in [-0.05, 0) is 30.7 Å². The zero-order chi connectivity index (χ0) is 12.1. The summed E-state index contributed by atoms with van der Waals surface area (Å²) in [5.41, 5.74) is 0.394. The molecule has 1 unspecified atom stereocenters. The van der Waals surface area contributed by atoms with Crippen LogP contribution in [0, 0.1) is 5.92 Å². The van der Waals surface area contributed by atoms with Gasteiger partial charge in [-0.25, -0.2) is 0 Å². The van der Waals surface area contributed by atoms with Gasteiger partial charge < -0.3 is 5.11 Å². The molecule has 0 saturated carbocycles. The van der Waals surface area contributed by atoms with Crippen LogP contribution in [0.25, 0.3) is 0 Å². The molecular formula is C12H13ClO3. The number of carbonyl (C=O) groups is 2. The Morgan fingerprint density at radius 2 is 1.88 bits per heavy atom. The number of rotatable bonds is 5. The molecule has 0 heterocycles. The maximum atomic E-state index is 11.9. The molecule has 0 amide bonds. The fourth-order valence-corrected chi connectivity index (χ4v) is 1.60. The molecule has 4 heteroatoms. The van der Waals surface area contributed by atoms with E-state index in [1.165, 1.54) is 0 Å². The summed E-state index contributed by atoms with van der Waals surface area (Å²) in [5, 5.41) is 9.47. The minimum absolute atomic E-state index is 0.356. The third-order valence-corrected chi connectivity index (χ3v) is 2.57. The third-order valence-electron chi connectivity index (χ3n) is 2.32. The molecule has 1 aromatic rings. The predicted octanol–water partition coefficient (Wildman–Crippen LogP) is 3.02. The van der Waals surface area contributed by atoms with Crippen molar-refractivity contribution in [2.24, 2.45) is 5.92 Å². The molecule has 1 N–H and O–H groups in total. The number of ketones is 1. The molecule has 0 aliphatic carbocycles. The van der Waals surface area contributed by atoms with Gasteiger partial charge in [0.15, 0.2) is 5.78 Å². The van der Waals surface area contributed by atoms with Gasteiger partial charge in [-0.1, -0.05) is 24.9 Å². The van der Waals surface area contributed by atoms with Crippen LogP contribution in [-0.4, -0.2) is 16.9 Å². The van der Waals surface area contributed by atoms with E-state index in [0.29, 0.717) is 23.4 Å². The van der Waals surface area contributed by atoms with Gasteiger partial charge in [0, 0.05) is 10.6 Å². The fraction of sp³-hybridized carbons (Fsp3) is 0.333. The molecule has 1 aromatic carbocycles. The van der Waals surface area contributed by atoms with Crippen molar-refractivity contribution in [1.29, 1.82) is 0 Å². The van der Waals surface area contributed by atoms with Gasteiger partial charge in [-0.3, -0.25) is 9.59 Å². The number of hydrogen-bond donors (Lipinski definition) is 1. The first-order valence-electron chi connectivity index (χ1n) is 5.08. The number of Topliss-reactive ketones (excluding diaryl/α,β-unsaturated/α-hetero) is 1. The van der Waals surface area contributed by atoms with E-state index in [1.807, 2.05) is 6.92 Å². The van der Waals surface area contributed by atoms with Crippen LogP contribution in [0.5, 0.6) is 0 Å². The number of halogens is 1. The second kappa shape index (κ2) is 5.66. The van der Waals surface area contributed by atoms with Crippen molar-refractivity contribution in [3.63, 3.8) is 0 Å². The lowest BCUT2D eigenvalue weighted by molar-refractivity contribution is -0.140. The summed E-state index contributed by atoms with van der Waals surface area (Å²) in [6.45, 7) is 1.85. The molecule has 0 radical (unpaired) electrons. The topological polar surface area (TPSA) is 54.4 Å². The predicted molar refractivity (Wildman–Crippen MR) is 61.8 cm³/mol. The number of carbonyl (C=O) groups excluding carboxylic acids is 1. The van der Waals surface area contributed by atoms with Crippen molar-refractivity contribution in [3.8, 4) is 0 Å². The highest BCUT2D eigenvalue weighted by molar-refractivity contribution is 6.30. The van der Waals surface area contributed by atoms with Gasteiger partial charge in [0.2, 0.25) is 0 Å². The van der Waals surface area contributed by atoms with Gasteiger partial charge in [-0.2, -0.15) is 0 Å². The molecule has 1 atom stereocenters. The Hall–Kier alpha value is -1.35. The lowest BCUT2D eigenvalue weighted by atomic mass is 9.94. The molecule has 86 valence electrons. The second-order valence-electron chi connectivity index (χ2n) is 3.55. The Balaban J connectivity index is 2.90. The minimum atomic E-state index is -1.07. The molecule has 16 heavy (non-hydrogen) atoms. The Bertz CT molecular complexity index is 384. The summed E-state index contributed by atoms with van der Waals surface area (Å²) >= 11 is 5.69. The van der Waals surface area contributed by atoms with Crippen LogP contribution in [0.3, 0.4) is 0 Å². The first kappa shape index (κ1) is 12.7. The van der Waals surface area contributed by atoms with Crippen molar-refractivity contribution in [2.45, 2.75) is 19.8 Å². The number of carboxylic acids is 1. The fourth-order valence-electron chi connectivity index (χ4n) is 1.47. The van der Waals surface area contributed by atoms with E-state index in [2.05, 4.69) is 0 Å². The zero-order valence-electron chi connectivity index (χ0n) is 8.94. The van der Waals surface area contributed by atoms with Crippen LogP contribution < -0.4 is 0 Å². The highest BCUT2D eigenvalue weighted by Crippen LogP contribution is 2.17. The molecule has 0 saturated heterocycles. The molecular weight excluding hydrogens is 228 g/mol. The molecule has 0 fully saturated rings. The maximum absolute atomic E-state index is 11.9. The largest absolute Gasteiger partial charge is 0.481 e. The first-order valence-corrected chi connectivity index (χ1v) is 5.46. The Kier molecular flexibility index (Phi) is 4.50. The lowest BCUT2D eigenvalue weighted by Crippen LogP contribution is -2.23. The summed E-state index contributed by atoms with van der Waals surface area (Å²) in [7, 11) is 0. The third kappa shape index (κ3) is 3.07. The van der Waals surface area contributed by atoms with Crippen molar-refractivity contribution in [1.82, 2.24) is 0 Å². The van der Waals surface area contributed by atoms with Crippen molar-refractivity contribution in [2.75, 3.05) is 0 Å². The summed E-state index contributed by atoms with van der Waals surface area (Å²) in [6, 6.07) is 6.27. The Morgan fingerprint density at radius 1 is 1.31 bits per heavy atom. The normalized spacial score (nSPS) is 12.1. The van der Waals surface area contributed by atoms with Gasteiger partial charge in [-0.15, -0.1) is 0 Å². The van der Waals surface area contributed by atoms with E-state index >= 15 is 0 Å². The van der Waals surface area contributed by atoms with E-state index in [1.54, 1.807) is 24.3 Å². The average Bonchev–Trinajstić information content (AvgIpc) is 2.25. The summed E-state index contributed by atoms with van der Waals surface area (Å²) in [4.78, 5) is 22.8. The molecule has 0 bridgehead atoms. The van der Waals surface area contributed by atoms with Crippen LogP contribution in [0.15, 0.2) is 24.3 Å². The van der Waals surface area contributed by atoms with Gasteiger partial charge in [0.25, 0.3) is 0 Å². The molecule has 1 rings (SSSR count). The highest BCUT2D eigenvalue weighted by atomic mass is 35.5. The minimum Gasteiger partial charge on any atom is -0.481 e. The number of carboxylic acid groups (broad SMARTS) is 1. The SMILES string of the molecule is CCCC(C(=O)O)C(=O)c1ccc(Cl)cc1. The van der Waals surface area contributed by atoms with Crippen LogP contribution in [-0.2, 0) is 4.79 Å². The van der Waals surface area contributed by atoms with E-state index < -0.39 is 11.9 Å². The van der Waals surface area contributed by atoms with E-state index in [-0.39, 0.29) is 5.78 Å². The van der Waals surface area contributed by atoms with Crippen LogP contribution >= 0.6 is 11.6 Å². The van der Waals surface area contributed by atoms with Crippen molar-refractivity contribution >= 4 is 23.4 Å². The smallest absolute Gasteiger partial charge is 0.314 e. The van der Waals surface area contributed by atoms with Crippen LogP contribution in [0.4, 0.5) is 0 Å². The summed E-state index contributed by atoms with van der Waals surface area (Å²) in [5.74, 6) is -2.38. The molecule has 0 spiro atoms. The Morgan fingerprint density at radius 3 is 2.31 bits per heavy atom. The van der Waals surface area contributed by atoms with Crippen molar-refractivity contribution in [3.05, 3.63) is 34.9 Å². The van der Waals surface area contributed by atoms with Crippen molar-refractivity contribution < 1.29 is 14.7 Å². The highest BCUT2D eigenvalue weighted by Gasteiger charge is 2.25.